The number of ether oxygens (including phenoxy) is 1. The molecular weight excluding hydrogens is 538 g/mol. The summed E-state index contributed by atoms with van der Waals surface area (Å²) in [6.45, 7) is 1.66. The molecule has 1 N–H and O–H groups in total. The summed E-state index contributed by atoms with van der Waals surface area (Å²) in [5.74, 6) is -0.336. The predicted octanol–water partition coefficient (Wildman–Crippen LogP) is 4.80. The number of benzene rings is 3. The van der Waals surface area contributed by atoms with Crippen LogP contribution in [0, 0.1) is 0 Å². The smallest absolute Gasteiger partial charge is 0.264 e. The van der Waals surface area contributed by atoms with Crippen molar-refractivity contribution in [1.82, 2.24) is 10.2 Å². The maximum Gasteiger partial charge on any atom is 0.264 e. The van der Waals surface area contributed by atoms with Gasteiger partial charge in [-0.3, -0.25) is 13.9 Å². The van der Waals surface area contributed by atoms with E-state index >= 15 is 0 Å². The van der Waals surface area contributed by atoms with E-state index in [2.05, 4.69) is 5.32 Å². The fourth-order valence-corrected chi connectivity index (χ4v) is 6.78. The molecule has 0 aromatic heterocycles. The van der Waals surface area contributed by atoms with Crippen LogP contribution in [0.2, 0.25) is 0 Å². The first-order valence-corrected chi connectivity index (χ1v) is 15.6. The molecule has 0 aliphatic heterocycles. The molecule has 0 spiro atoms. The molecule has 3 aromatic rings. The lowest BCUT2D eigenvalue weighted by atomic mass is 10.1. The minimum Gasteiger partial charge on any atom is -0.495 e. The van der Waals surface area contributed by atoms with Crippen molar-refractivity contribution in [3.05, 3.63) is 90.5 Å². The van der Waals surface area contributed by atoms with Gasteiger partial charge < -0.3 is 15.0 Å². The van der Waals surface area contributed by atoms with Crippen molar-refractivity contribution in [2.24, 2.45) is 0 Å². The van der Waals surface area contributed by atoms with E-state index in [4.69, 9.17) is 4.74 Å². The van der Waals surface area contributed by atoms with Crippen LogP contribution in [0.3, 0.4) is 0 Å². The van der Waals surface area contributed by atoms with Crippen LogP contribution in [0.15, 0.2) is 89.8 Å². The molecule has 0 saturated heterocycles. The molecule has 1 aliphatic rings. The number of methoxy groups -OCH3 is 1. The van der Waals surface area contributed by atoms with Gasteiger partial charge in [-0.25, -0.2) is 8.42 Å². The van der Waals surface area contributed by atoms with Crippen LogP contribution in [-0.4, -0.2) is 57.4 Å². The first kappa shape index (κ1) is 30.1. The molecule has 9 heteroatoms. The lowest BCUT2D eigenvalue weighted by molar-refractivity contribution is -0.139. The van der Waals surface area contributed by atoms with Crippen molar-refractivity contribution in [1.29, 1.82) is 0 Å². The Labute approximate surface area is 243 Å². The maximum absolute atomic E-state index is 14.2. The highest BCUT2D eigenvalue weighted by Gasteiger charge is 2.35. The lowest BCUT2D eigenvalue weighted by Crippen LogP contribution is -2.54. The summed E-state index contributed by atoms with van der Waals surface area (Å²) < 4.78 is 34.5. The Balaban J connectivity index is 1.69. The molecule has 1 atom stereocenters. The Morgan fingerprint density at radius 1 is 0.927 bits per heavy atom. The summed E-state index contributed by atoms with van der Waals surface area (Å²) in [7, 11) is -2.69. The van der Waals surface area contributed by atoms with Gasteiger partial charge in [0.05, 0.1) is 17.7 Å². The van der Waals surface area contributed by atoms with Crippen molar-refractivity contribution >= 4 is 27.5 Å². The van der Waals surface area contributed by atoms with Crippen LogP contribution in [0.4, 0.5) is 5.69 Å². The van der Waals surface area contributed by atoms with Crippen molar-refractivity contribution in [3.8, 4) is 5.75 Å². The maximum atomic E-state index is 14.2. The summed E-state index contributed by atoms with van der Waals surface area (Å²) in [4.78, 5) is 29.3. The Morgan fingerprint density at radius 3 is 2.17 bits per heavy atom. The zero-order valence-electron chi connectivity index (χ0n) is 23.7. The van der Waals surface area contributed by atoms with Crippen molar-refractivity contribution < 1.29 is 22.7 Å². The summed E-state index contributed by atoms with van der Waals surface area (Å²) in [6, 6.07) is 23.8. The predicted molar refractivity (Wildman–Crippen MR) is 160 cm³/mol. The number of nitrogens with zero attached hydrogens (tertiary/aromatic N) is 2. The van der Waals surface area contributed by atoms with E-state index in [1.807, 2.05) is 37.3 Å². The van der Waals surface area contributed by atoms with Gasteiger partial charge in [-0.05, 0) is 55.5 Å². The van der Waals surface area contributed by atoms with Crippen LogP contribution in [-0.2, 0) is 26.0 Å². The Bertz CT molecular complexity index is 1390. The molecule has 4 rings (SSSR count). The molecule has 1 fully saturated rings. The first-order chi connectivity index (χ1) is 19.8. The van der Waals surface area contributed by atoms with Gasteiger partial charge in [0.15, 0.2) is 0 Å². The van der Waals surface area contributed by atoms with Crippen molar-refractivity contribution in [2.45, 2.75) is 62.4 Å². The number of sulfonamides is 1. The molecule has 0 unspecified atom stereocenters. The zero-order chi connectivity index (χ0) is 29.2. The number of carbonyl (C=O) groups excluding carboxylic acids is 2. The van der Waals surface area contributed by atoms with Gasteiger partial charge in [-0.15, -0.1) is 0 Å². The second-order valence-electron chi connectivity index (χ2n) is 10.2. The van der Waals surface area contributed by atoms with E-state index in [1.54, 1.807) is 47.4 Å². The monoisotopic (exact) mass is 577 g/mol. The minimum atomic E-state index is -4.15. The third-order valence-corrected chi connectivity index (χ3v) is 9.31. The van der Waals surface area contributed by atoms with Crippen LogP contribution in [0.5, 0.6) is 5.75 Å². The average Bonchev–Trinajstić information content (AvgIpc) is 3.51. The number of hydrogen-bond acceptors (Lipinski definition) is 5. The minimum absolute atomic E-state index is 0.0561. The number of hydrogen-bond donors (Lipinski definition) is 1. The summed E-state index contributed by atoms with van der Waals surface area (Å²) in [5.41, 5.74) is 1.27. The SMILES string of the molecule is CC[C@@H](C(=O)NC1CCCC1)N(CCc1ccccc1)C(=O)CN(c1ccccc1OC)S(=O)(=O)c1ccccc1. The zero-order valence-corrected chi connectivity index (χ0v) is 24.6. The first-order valence-electron chi connectivity index (χ1n) is 14.2. The van der Waals surface area contributed by atoms with Crippen LogP contribution >= 0.6 is 0 Å². The molecule has 2 amide bonds. The Morgan fingerprint density at radius 2 is 1.54 bits per heavy atom. The summed E-state index contributed by atoms with van der Waals surface area (Å²) in [6.07, 6.45) is 4.93. The molecule has 8 nitrogen and oxygen atoms in total. The molecule has 0 bridgehead atoms. The van der Waals surface area contributed by atoms with Crippen molar-refractivity contribution in [3.63, 3.8) is 0 Å². The number of amides is 2. The summed E-state index contributed by atoms with van der Waals surface area (Å²) >= 11 is 0. The number of anilines is 1. The van der Waals surface area contributed by atoms with E-state index in [-0.39, 0.29) is 29.1 Å². The van der Waals surface area contributed by atoms with E-state index < -0.39 is 28.5 Å². The highest BCUT2D eigenvalue weighted by Crippen LogP contribution is 2.32. The van der Waals surface area contributed by atoms with Crippen molar-refractivity contribution in [2.75, 3.05) is 24.5 Å². The fourth-order valence-electron chi connectivity index (χ4n) is 5.33. The fraction of sp³-hybridized carbons (Fsp3) is 0.375. The number of nitrogens with one attached hydrogen (secondary N) is 1. The third kappa shape index (κ3) is 7.47. The van der Waals surface area contributed by atoms with E-state index in [9.17, 15) is 18.0 Å². The molecule has 41 heavy (non-hydrogen) atoms. The topological polar surface area (TPSA) is 96.0 Å². The van der Waals surface area contributed by atoms with E-state index in [0.29, 0.717) is 18.6 Å². The quantitative estimate of drug-likeness (QED) is 0.315. The van der Waals surface area contributed by atoms with Crippen LogP contribution < -0.4 is 14.4 Å². The second-order valence-corrected chi connectivity index (χ2v) is 12.1. The lowest BCUT2D eigenvalue weighted by Gasteiger charge is -2.34. The Hall–Kier alpha value is -3.85. The van der Waals surface area contributed by atoms with E-state index in [1.165, 1.54) is 19.2 Å². The van der Waals surface area contributed by atoms with Gasteiger partial charge in [0.2, 0.25) is 11.8 Å². The van der Waals surface area contributed by atoms with E-state index in [0.717, 1.165) is 35.6 Å². The highest BCUT2D eigenvalue weighted by molar-refractivity contribution is 7.92. The van der Waals surface area contributed by atoms with Gasteiger partial charge in [-0.2, -0.15) is 0 Å². The number of para-hydroxylation sites is 2. The standard InChI is InChI=1S/C32H39N3O5S/c1-3-28(32(37)33-26-16-10-11-17-26)34(23-22-25-14-6-4-7-15-25)31(36)24-35(29-20-12-13-21-30(29)40-2)41(38,39)27-18-8-5-9-19-27/h4-9,12-15,18-21,26,28H,3,10-11,16-17,22-24H2,1-2H3,(H,33,37)/t28-/m0/s1. The molecule has 0 heterocycles. The normalized spacial score (nSPS) is 14.3. The largest absolute Gasteiger partial charge is 0.495 e. The molecule has 1 saturated carbocycles. The third-order valence-electron chi connectivity index (χ3n) is 7.54. The average molecular weight is 578 g/mol. The second kappa shape index (κ2) is 14.2. The number of rotatable bonds is 13. The summed E-state index contributed by atoms with van der Waals surface area (Å²) in [5, 5.41) is 3.14. The van der Waals surface area contributed by atoms with Gasteiger partial charge >= 0.3 is 0 Å². The molecule has 3 aromatic carbocycles. The van der Waals surface area contributed by atoms with Gasteiger partial charge in [0.1, 0.15) is 18.3 Å². The molecule has 1 aliphatic carbocycles. The van der Waals surface area contributed by atoms with Gasteiger partial charge in [0.25, 0.3) is 10.0 Å². The van der Waals surface area contributed by atoms with Crippen LogP contribution in [0.1, 0.15) is 44.6 Å². The molecule has 218 valence electrons. The molecule has 0 radical (unpaired) electrons. The van der Waals surface area contributed by atoms with Gasteiger partial charge in [-0.1, -0.05) is 80.4 Å². The Kier molecular flexibility index (Phi) is 10.4. The number of carbonyl (C=O) groups is 2. The van der Waals surface area contributed by atoms with Gasteiger partial charge in [0, 0.05) is 12.6 Å². The van der Waals surface area contributed by atoms with Crippen LogP contribution in [0.25, 0.3) is 0 Å². The highest BCUT2D eigenvalue weighted by atomic mass is 32.2. The molecular formula is C32H39N3O5S.